The third-order valence-electron chi connectivity index (χ3n) is 7.65. The summed E-state index contributed by atoms with van der Waals surface area (Å²) in [6, 6.07) is 23.4. The Kier molecular flexibility index (Phi) is 12.6. The SMILES string of the molecule is Cc1ccc(S(=O)(=O)N(CC(=O)N(Cc2ccc(Br)cc2)[C@H](Cc2ccccc2)C(=O)NCC(C)C)c2ccc(Cl)c(C(F)(F)F)c2)cc1. The van der Waals surface area contributed by atoms with Crippen molar-refractivity contribution in [2.24, 2.45) is 5.92 Å². The molecule has 7 nitrogen and oxygen atoms in total. The van der Waals surface area contributed by atoms with E-state index in [4.69, 9.17) is 11.6 Å². The normalized spacial score (nSPS) is 12.4. The molecular weight excluding hydrogens is 743 g/mol. The van der Waals surface area contributed by atoms with Gasteiger partial charge in [0.15, 0.2) is 0 Å². The van der Waals surface area contributed by atoms with Gasteiger partial charge in [-0.2, -0.15) is 13.2 Å². The number of anilines is 1. The minimum absolute atomic E-state index is 0.0917. The van der Waals surface area contributed by atoms with Crippen LogP contribution in [0.1, 0.15) is 36.1 Å². The van der Waals surface area contributed by atoms with Crippen molar-refractivity contribution in [3.63, 3.8) is 0 Å². The molecule has 0 aromatic heterocycles. The van der Waals surface area contributed by atoms with E-state index >= 15 is 0 Å². The molecule has 0 aliphatic carbocycles. The van der Waals surface area contributed by atoms with Crippen LogP contribution in [0.4, 0.5) is 18.9 Å². The van der Waals surface area contributed by atoms with Crippen LogP contribution >= 0.6 is 27.5 Å². The van der Waals surface area contributed by atoms with Crippen LogP contribution in [-0.4, -0.2) is 44.3 Å². The Hall–Kier alpha value is -3.87. The maximum atomic E-state index is 14.5. The number of hydrogen-bond donors (Lipinski definition) is 1. The van der Waals surface area contributed by atoms with Gasteiger partial charge in [0.1, 0.15) is 12.6 Å². The number of carbonyl (C=O) groups is 2. The molecule has 0 spiro atoms. The van der Waals surface area contributed by atoms with Gasteiger partial charge >= 0.3 is 6.18 Å². The summed E-state index contributed by atoms with van der Waals surface area (Å²) < 4.78 is 71.7. The highest BCUT2D eigenvalue weighted by atomic mass is 79.9. The van der Waals surface area contributed by atoms with Crippen LogP contribution in [0.5, 0.6) is 0 Å². The van der Waals surface area contributed by atoms with Crippen LogP contribution in [-0.2, 0) is 38.8 Å². The highest BCUT2D eigenvalue weighted by Crippen LogP contribution is 2.38. The molecule has 13 heteroatoms. The zero-order valence-corrected chi connectivity index (χ0v) is 30.2. The van der Waals surface area contributed by atoms with E-state index in [2.05, 4.69) is 21.2 Å². The quantitative estimate of drug-likeness (QED) is 0.149. The average Bonchev–Trinajstić information content (AvgIpc) is 3.05. The predicted molar refractivity (Wildman–Crippen MR) is 189 cm³/mol. The van der Waals surface area contributed by atoms with Crippen molar-refractivity contribution in [2.45, 2.75) is 50.9 Å². The van der Waals surface area contributed by atoms with E-state index in [1.807, 2.05) is 32.0 Å². The molecule has 2 amide bonds. The molecule has 0 saturated heterocycles. The molecule has 1 N–H and O–H groups in total. The molecule has 1 atom stereocenters. The molecule has 0 saturated carbocycles. The number of nitrogens with zero attached hydrogens (tertiary/aromatic N) is 2. The van der Waals surface area contributed by atoms with Crippen LogP contribution in [0.25, 0.3) is 0 Å². The first-order valence-electron chi connectivity index (χ1n) is 15.4. The number of sulfonamides is 1. The third kappa shape index (κ3) is 10.1. The first-order chi connectivity index (χ1) is 23.1. The molecule has 0 bridgehead atoms. The summed E-state index contributed by atoms with van der Waals surface area (Å²) in [6.07, 6.45) is -4.81. The Labute approximate surface area is 298 Å². The number of amides is 2. The fourth-order valence-corrected chi connectivity index (χ4v) is 6.91. The molecule has 0 aliphatic heterocycles. The summed E-state index contributed by atoms with van der Waals surface area (Å²) in [5, 5.41) is 2.27. The largest absolute Gasteiger partial charge is 0.417 e. The van der Waals surface area contributed by atoms with Gasteiger partial charge in [-0.05, 0) is 66.4 Å². The lowest BCUT2D eigenvalue weighted by molar-refractivity contribution is -0.140. The molecule has 260 valence electrons. The molecule has 0 aliphatic rings. The van der Waals surface area contributed by atoms with Gasteiger partial charge in [-0.25, -0.2) is 8.42 Å². The van der Waals surface area contributed by atoms with Crippen molar-refractivity contribution in [1.29, 1.82) is 0 Å². The second kappa shape index (κ2) is 16.2. The standard InChI is InChI=1S/C36H36BrClF3N3O4S/c1-24(2)21-42-35(46)33(19-26-7-5-4-6-8-26)43(22-27-11-13-28(37)14-12-27)34(45)23-44(49(47,48)30-16-9-25(3)10-17-30)29-15-18-32(38)31(20-29)36(39,40)41/h4-18,20,24,33H,19,21-23H2,1-3H3,(H,42,46)/t33-/m1/s1. The molecule has 0 heterocycles. The van der Waals surface area contributed by atoms with Gasteiger partial charge in [-0.15, -0.1) is 0 Å². The molecule has 4 rings (SSSR count). The lowest BCUT2D eigenvalue weighted by atomic mass is 10.0. The molecule has 49 heavy (non-hydrogen) atoms. The second-order valence-electron chi connectivity index (χ2n) is 12.0. The van der Waals surface area contributed by atoms with E-state index in [0.717, 1.165) is 27.7 Å². The van der Waals surface area contributed by atoms with E-state index in [-0.39, 0.29) is 23.8 Å². The minimum Gasteiger partial charge on any atom is -0.354 e. The minimum atomic E-state index is -4.90. The van der Waals surface area contributed by atoms with Gasteiger partial charge in [0.25, 0.3) is 10.0 Å². The molecule has 0 fully saturated rings. The van der Waals surface area contributed by atoms with Crippen molar-refractivity contribution < 1.29 is 31.2 Å². The lowest BCUT2D eigenvalue weighted by Crippen LogP contribution is -2.53. The number of carbonyl (C=O) groups excluding carboxylic acids is 2. The number of benzene rings is 4. The van der Waals surface area contributed by atoms with Gasteiger partial charge in [0, 0.05) is 24.0 Å². The molecular formula is C36H36BrClF3N3O4S. The topological polar surface area (TPSA) is 86.8 Å². The Balaban J connectivity index is 1.86. The number of hydrogen-bond acceptors (Lipinski definition) is 4. The van der Waals surface area contributed by atoms with E-state index in [1.165, 1.54) is 17.0 Å². The lowest BCUT2D eigenvalue weighted by Gasteiger charge is -2.34. The smallest absolute Gasteiger partial charge is 0.354 e. The monoisotopic (exact) mass is 777 g/mol. The summed E-state index contributed by atoms with van der Waals surface area (Å²) in [5.74, 6) is -1.16. The zero-order chi connectivity index (χ0) is 35.9. The van der Waals surface area contributed by atoms with Gasteiger partial charge in [0.05, 0.1) is 21.2 Å². The number of rotatable bonds is 13. The van der Waals surface area contributed by atoms with Crippen molar-refractivity contribution in [3.05, 3.63) is 129 Å². The van der Waals surface area contributed by atoms with E-state index < -0.39 is 56.9 Å². The first-order valence-corrected chi connectivity index (χ1v) is 18.0. The summed E-state index contributed by atoms with van der Waals surface area (Å²) in [5.41, 5.74) is 0.467. The highest BCUT2D eigenvalue weighted by Gasteiger charge is 2.37. The van der Waals surface area contributed by atoms with Crippen LogP contribution in [0.3, 0.4) is 0 Å². The van der Waals surface area contributed by atoms with Crippen LogP contribution < -0.4 is 9.62 Å². The van der Waals surface area contributed by atoms with Crippen LogP contribution in [0, 0.1) is 12.8 Å². The average molecular weight is 779 g/mol. The number of alkyl halides is 3. The number of aryl methyl sites for hydroxylation is 1. The Bertz CT molecular complexity index is 1860. The van der Waals surface area contributed by atoms with Gasteiger partial charge in [-0.1, -0.05) is 102 Å². The molecule has 0 radical (unpaired) electrons. The fourth-order valence-electron chi connectivity index (χ4n) is 5.01. The Morgan fingerprint density at radius 3 is 2.12 bits per heavy atom. The Morgan fingerprint density at radius 2 is 1.53 bits per heavy atom. The maximum absolute atomic E-state index is 14.5. The summed E-state index contributed by atoms with van der Waals surface area (Å²) in [4.78, 5) is 29.4. The van der Waals surface area contributed by atoms with Gasteiger partial charge < -0.3 is 10.2 Å². The fraction of sp³-hybridized carbons (Fsp3) is 0.278. The maximum Gasteiger partial charge on any atom is 0.417 e. The summed E-state index contributed by atoms with van der Waals surface area (Å²) in [7, 11) is -4.61. The van der Waals surface area contributed by atoms with Crippen molar-refractivity contribution in [2.75, 3.05) is 17.4 Å². The Morgan fingerprint density at radius 1 is 0.898 bits per heavy atom. The van der Waals surface area contributed by atoms with Gasteiger partial charge in [-0.3, -0.25) is 13.9 Å². The van der Waals surface area contributed by atoms with E-state index in [9.17, 15) is 31.2 Å². The second-order valence-corrected chi connectivity index (χ2v) is 15.2. The zero-order valence-electron chi connectivity index (χ0n) is 27.0. The third-order valence-corrected chi connectivity index (χ3v) is 10.3. The first kappa shape index (κ1) is 37.9. The summed E-state index contributed by atoms with van der Waals surface area (Å²) in [6.45, 7) is 4.92. The molecule has 0 unspecified atom stereocenters. The van der Waals surface area contributed by atoms with Crippen LogP contribution in [0.15, 0.2) is 106 Å². The highest BCUT2D eigenvalue weighted by molar-refractivity contribution is 9.10. The van der Waals surface area contributed by atoms with Crippen molar-refractivity contribution >= 4 is 55.1 Å². The molecule has 4 aromatic carbocycles. The summed E-state index contributed by atoms with van der Waals surface area (Å²) >= 11 is 9.28. The number of halogens is 5. The van der Waals surface area contributed by atoms with Crippen molar-refractivity contribution in [3.8, 4) is 0 Å². The van der Waals surface area contributed by atoms with Crippen LogP contribution in [0.2, 0.25) is 5.02 Å². The van der Waals surface area contributed by atoms with E-state index in [0.29, 0.717) is 22.5 Å². The predicted octanol–water partition coefficient (Wildman–Crippen LogP) is 8.04. The molecule has 4 aromatic rings. The van der Waals surface area contributed by atoms with Crippen molar-refractivity contribution in [1.82, 2.24) is 10.2 Å². The number of nitrogens with one attached hydrogen (secondary N) is 1. The van der Waals surface area contributed by atoms with Gasteiger partial charge in [0.2, 0.25) is 11.8 Å². The van der Waals surface area contributed by atoms with E-state index in [1.54, 1.807) is 55.5 Å².